The molecule has 0 aromatic rings. The molecule has 0 radical (unpaired) electrons. The third-order valence-corrected chi connectivity index (χ3v) is 12.2. The van der Waals surface area contributed by atoms with E-state index in [2.05, 4.69) is 20.8 Å². The highest BCUT2D eigenvalue weighted by atomic mass is 35.5. The van der Waals surface area contributed by atoms with Crippen molar-refractivity contribution >= 4 is 20.4 Å². The minimum absolute atomic E-state index is 0.556. The van der Waals surface area contributed by atoms with Crippen LogP contribution in [0.4, 0.5) is 0 Å². The van der Waals surface area contributed by atoms with Crippen LogP contribution in [0, 0.1) is 0 Å². The zero-order chi connectivity index (χ0) is 31.4. The Kier molecular flexibility index (Phi) is 37.2. The summed E-state index contributed by atoms with van der Waals surface area (Å²) in [7, 11) is -2.71. The van der Waals surface area contributed by atoms with E-state index in [4.69, 9.17) is 24.9 Å². The summed E-state index contributed by atoms with van der Waals surface area (Å²) in [5, 5.41) is 0. The molecule has 0 amide bonds. The summed E-state index contributed by atoms with van der Waals surface area (Å²) in [6.07, 6.45) is 40.2. The lowest BCUT2D eigenvalue weighted by atomic mass is 10.1. The average Bonchev–Trinajstić information content (AvgIpc) is 3.01. The van der Waals surface area contributed by atoms with Gasteiger partial charge in [-0.15, -0.1) is 11.6 Å². The number of hydrogen-bond acceptors (Lipinski definition) is 3. The highest BCUT2D eigenvalue weighted by Gasteiger charge is 2.40. The van der Waals surface area contributed by atoms with Gasteiger partial charge in [-0.05, 0) is 19.3 Å². The monoisotopic (exact) mass is 647 g/mol. The fraction of sp³-hybridized carbons (Fsp3) is 1.00. The molecule has 0 rings (SSSR count). The topological polar surface area (TPSA) is 27.7 Å². The Morgan fingerprint density at radius 3 is 0.744 bits per heavy atom. The van der Waals surface area contributed by atoms with Gasteiger partial charge >= 0.3 is 8.80 Å². The second kappa shape index (κ2) is 36.9. The van der Waals surface area contributed by atoms with Crippen LogP contribution in [0.5, 0.6) is 0 Å². The van der Waals surface area contributed by atoms with E-state index in [0.717, 1.165) is 45.1 Å². The Morgan fingerprint density at radius 1 is 0.326 bits per heavy atom. The second-order valence-corrected chi connectivity index (χ2v) is 16.3. The first-order valence-electron chi connectivity index (χ1n) is 19.7. The van der Waals surface area contributed by atoms with Crippen molar-refractivity contribution in [1.29, 1.82) is 0 Å². The van der Waals surface area contributed by atoms with Crippen LogP contribution in [0.3, 0.4) is 0 Å². The van der Waals surface area contributed by atoms with E-state index in [1.807, 2.05) is 0 Å². The molecule has 0 heterocycles. The van der Waals surface area contributed by atoms with Crippen molar-refractivity contribution < 1.29 is 13.3 Å². The second-order valence-electron chi connectivity index (χ2n) is 13.2. The van der Waals surface area contributed by atoms with Gasteiger partial charge in [0, 0.05) is 31.7 Å². The number of hydrogen-bond donors (Lipinski definition) is 0. The minimum atomic E-state index is -2.71. The van der Waals surface area contributed by atoms with Gasteiger partial charge < -0.3 is 13.3 Å². The number of unbranched alkanes of at least 4 members (excludes halogenated alkanes) is 27. The van der Waals surface area contributed by atoms with Gasteiger partial charge in [0.05, 0.1) is 0 Å². The molecule has 5 heteroatoms. The van der Waals surface area contributed by atoms with E-state index >= 15 is 0 Å². The lowest BCUT2D eigenvalue weighted by Crippen LogP contribution is -2.47. The van der Waals surface area contributed by atoms with Crippen molar-refractivity contribution in [1.82, 2.24) is 0 Å². The molecule has 3 nitrogen and oxygen atoms in total. The van der Waals surface area contributed by atoms with Gasteiger partial charge in [0.15, 0.2) is 0 Å². The molecule has 0 unspecified atom stereocenters. The van der Waals surface area contributed by atoms with E-state index < -0.39 is 8.80 Å². The number of halogens is 1. The third kappa shape index (κ3) is 32.1. The van der Waals surface area contributed by atoms with E-state index in [1.165, 1.54) is 173 Å². The van der Waals surface area contributed by atoms with Crippen molar-refractivity contribution in [2.45, 2.75) is 219 Å². The van der Waals surface area contributed by atoms with Crippen LogP contribution in [0.15, 0.2) is 0 Å². The maximum absolute atomic E-state index is 6.54. The maximum Gasteiger partial charge on any atom is 0.502 e. The lowest BCUT2D eigenvalue weighted by Gasteiger charge is -2.29. The highest BCUT2D eigenvalue weighted by molar-refractivity contribution is 6.61. The van der Waals surface area contributed by atoms with Crippen LogP contribution in [0.25, 0.3) is 0 Å². The summed E-state index contributed by atoms with van der Waals surface area (Å²) < 4.78 is 19.6. The van der Waals surface area contributed by atoms with Crippen molar-refractivity contribution in [2.24, 2.45) is 0 Å². The molecule has 0 saturated heterocycles. The Hall–Kier alpha value is 0.387. The molecule has 0 aliphatic rings. The zero-order valence-electron chi connectivity index (χ0n) is 29.9. The van der Waals surface area contributed by atoms with E-state index in [0.29, 0.717) is 5.88 Å². The van der Waals surface area contributed by atoms with Gasteiger partial charge in [0.1, 0.15) is 0 Å². The summed E-state index contributed by atoms with van der Waals surface area (Å²) >= 11 is 6.31. The third-order valence-electron chi connectivity index (χ3n) is 8.86. The van der Waals surface area contributed by atoms with Crippen LogP contribution < -0.4 is 0 Å². The Labute approximate surface area is 278 Å². The van der Waals surface area contributed by atoms with Crippen LogP contribution >= 0.6 is 11.6 Å². The van der Waals surface area contributed by atoms with E-state index in [1.54, 1.807) is 0 Å². The van der Waals surface area contributed by atoms with E-state index in [9.17, 15) is 0 Å². The summed E-state index contributed by atoms with van der Waals surface area (Å²) in [6, 6.07) is 0.738. The van der Waals surface area contributed by atoms with Gasteiger partial charge in [-0.1, -0.05) is 194 Å². The van der Waals surface area contributed by atoms with Crippen molar-refractivity contribution in [3.8, 4) is 0 Å². The predicted octanol–water partition coefficient (Wildman–Crippen LogP) is 14.0. The molecular weight excluding hydrogens is 568 g/mol. The molecule has 0 aromatic carbocycles. The van der Waals surface area contributed by atoms with Gasteiger partial charge in [-0.3, -0.25) is 0 Å². The van der Waals surface area contributed by atoms with Crippen molar-refractivity contribution in [3.05, 3.63) is 0 Å². The first kappa shape index (κ1) is 43.4. The largest absolute Gasteiger partial charge is 0.502 e. The molecule has 0 aliphatic heterocycles. The maximum atomic E-state index is 6.54. The van der Waals surface area contributed by atoms with Gasteiger partial charge in [0.2, 0.25) is 0 Å². The normalized spacial score (nSPS) is 12.0. The summed E-state index contributed by atoms with van der Waals surface area (Å²) in [6.45, 7) is 9.15. The molecule has 0 atom stereocenters. The van der Waals surface area contributed by atoms with Crippen LogP contribution in [-0.4, -0.2) is 34.5 Å². The molecule has 0 aromatic heterocycles. The van der Waals surface area contributed by atoms with Crippen LogP contribution in [-0.2, 0) is 13.3 Å². The van der Waals surface area contributed by atoms with Gasteiger partial charge in [-0.2, -0.15) is 0 Å². The van der Waals surface area contributed by atoms with Crippen LogP contribution in [0.2, 0.25) is 6.04 Å². The quantitative estimate of drug-likeness (QED) is 0.0379. The molecule has 43 heavy (non-hydrogen) atoms. The summed E-state index contributed by atoms with van der Waals surface area (Å²) in [5.74, 6) is 0.556. The molecule has 0 fully saturated rings. The van der Waals surface area contributed by atoms with Crippen LogP contribution in [0.1, 0.15) is 213 Å². The predicted molar refractivity (Wildman–Crippen MR) is 195 cm³/mol. The molecule has 0 bridgehead atoms. The molecule has 0 spiro atoms. The fourth-order valence-corrected chi connectivity index (χ4v) is 8.88. The smallest absolute Gasteiger partial charge is 0.373 e. The Morgan fingerprint density at radius 2 is 0.535 bits per heavy atom. The molecule has 0 aliphatic carbocycles. The fourth-order valence-electron chi connectivity index (χ4n) is 5.91. The Balaban J connectivity index is 4.35. The van der Waals surface area contributed by atoms with Crippen molar-refractivity contribution in [3.63, 3.8) is 0 Å². The van der Waals surface area contributed by atoms with Gasteiger partial charge in [0.25, 0.3) is 0 Å². The molecule has 0 saturated carbocycles. The molecular formula is C38H79ClO3Si. The summed E-state index contributed by atoms with van der Waals surface area (Å²) in [4.78, 5) is 0. The van der Waals surface area contributed by atoms with Gasteiger partial charge in [-0.25, -0.2) is 0 Å². The standard InChI is InChI=1S/C38H79ClO3Si/c1-4-7-10-13-16-19-22-25-28-31-35-40-43(38-34-39,41-36-32-29-26-23-20-17-14-11-8-5-2)42-37-33-30-27-24-21-18-15-12-9-6-3/h4-38H2,1-3H3. The molecule has 0 N–H and O–H groups in total. The highest BCUT2D eigenvalue weighted by Crippen LogP contribution is 2.21. The first-order chi connectivity index (χ1) is 21.2. The first-order valence-corrected chi connectivity index (χ1v) is 22.2. The SMILES string of the molecule is CCCCCCCCCCCCO[Si](CCCl)(OCCCCCCCCCCCC)OCCCCCCCCCCCC. The summed E-state index contributed by atoms with van der Waals surface area (Å²) in [5.41, 5.74) is 0. The average molecular weight is 648 g/mol. The lowest BCUT2D eigenvalue weighted by molar-refractivity contribution is 0.0565. The van der Waals surface area contributed by atoms with E-state index in [-0.39, 0.29) is 0 Å². The number of rotatable bonds is 38. The zero-order valence-corrected chi connectivity index (χ0v) is 31.6. The number of alkyl halides is 1. The minimum Gasteiger partial charge on any atom is -0.373 e. The van der Waals surface area contributed by atoms with Crippen molar-refractivity contribution in [2.75, 3.05) is 25.7 Å². The molecule has 260 valence electrons. The Bertz CT molecular complexity index is 443.